The molecule has 1 aliphatic rings. The molecule has 0 fully saturated rings. The average Bonchev–Trinajstić information content (AvgIpc) is 3.15. The van der Waals surface area contributed by atoms with Crippen LogP contribution in [0.5, 0.6) is 11.5 Å². The van der Waals surface area contributed by atoms with Gasteiger partial charge in [-0.15, -0.1) is 0 Å². The molecule has 7 nitrogen and oxygen atoms in total. The van der Waals surface area contributed by atoms with Gasteiger partial charge in [-0.3, -0.25) is 4.79 Å². The van der Waals surface area contributed by atoms with Crippen molar-refractivity contribution in [2.45, 2.75) is 40.0 Å². The van der Waals surface area contributed by atoms with Crippen molar-refractivity contribution in [3.63, 3.8) is 0 Å². The summed E-state index contributed by atoms with van der Waals surface area (Å²) in [5, 5.41) is 8.58. The highest BCUT2D eigenvalue weighted by Gasteiger charge is 2.25. The molecular weight excluding hydrogens is 382 g/mol. The van der Waals surface area contributed by atoms with Crippen molar-refractivity contribution in [2.75, 3.05) is 24.0 Å². The van der Waals surface area contributed by atoms with Gasteiger partial charge in [0.25, 0.3) is 0 Å². The smallest absolute Gasteiger partial charge is 0.319 e. The zero-order valence-corrected chi connectivity index (χ0v) is 18.1. The van der Waals surface area contributed by atoms with Crippen molar-refractivity contribution in [3.05, 3.63) is 48.0 Å². The minimum Gasteiger partial charge on any atom is -0.454 e. The summed E-state index contributed by atoms with van der Waals surface area (Å²) in [4.78, 5) is 24.4. The molecule has 1 aliphatic heterocycles. The lowest BCUT2D eigenvalue weighted by Crippen LogP contribution is -2.38. The Bertz CT molecular complexity index is 930. The zero-order chi connectivity index (χ0) is 21.9. The van der Waals surface area contributed by atoms with E-state index in [1.807, 2.05) is 39.0 Å². The van der Waals surface area contributed by atoms with E-state index in [0.29, 0.717) is 17.9 Å². The first-order valence-corrected chi connectivity index (χ1v) is 9.91. The molecule has 0 spiro atoms. The van der Waals surface area contributed by atoms with Crippen LogP contribution in [0.25, 0.3) is 0 Å². The van der Waals surface area contributed by atoms with Gasteiger partial charge in [-0.2, -0.15) is 0 Å². The molecule has 3 rings (SSSR count). The van der Waals surface area contributed by atoms with E-state index in [9.17, 15) is 9.59 Å². The molecule has 30 heavy (non-hydrogen) atoms. The minimum absolute atomic E-state index is 0.0632. The number of hydrogen-bond donors (Lipinski definition) is 3. The van der Waals surface area contributed by atoms with Crippen LogP contribution >= 0.6 is 0 Å². The summed E-state index contributed by atoms with van der Waals surface area (Å²) in [5.41, 5.74) is 1.61. The second-order valence-corrected chi connectivity index (χ2v) is 9.04. The summed E-state index contributed by atoms with van der Waals surface area (Å²) in [6.45, 7) is 10.3. The molecule has 2 aromatic carbocycles. The molecule has 0 aliphatic carbocycles. The Labute approximate surface area is 177 Å². The zero-order valence-electron chi connectivity index (χ0n) is 18.1. The lowest BCUT2D eigenvalue weighted by Gasteiger charge is -2.26. The summed E-state index contributed by atoms with van der Waals surface area (Å²) in [6, 6.07) is 12.5. The SMILES string of the molecule is CC(C)(C)C(=O)Nc1ccc(NC(=O)NCC(C)(C)c2ccc3c(c2)OCO3)cc1. The molecule has 7 heteroatoms. The number of benzene rings is 2. The van der Waals surface area contributed by atoms with Crippen molar-refractivity contribution in [1.82, 2.24) is 5.32 Å². The fraction of sp³-hybridized carbons (Fsp3) is 0.391. The van der Waals surface area contributed by atoms with Crippen molar-refractivity contribution in [2.24, 2.45) is 5.41 Å². The second kappa shape index (κ2) is 8.26. The number of nitrogens with one attached hydrogen (secondary N) is 3. The molecule has 3 N–H and O–H groups in total. The van der Waals surface area contributed by atoms with Gasteiger partial charge < -0.3 is 25.4 Å². The van der Waals surface area contributed by atoms with Crippen molar-refractivity contribution in [1.29, 1.82) is 0 Å². The van der Waals surface area contributed by atoms with Crippen LogP contribution in [0.3, 0.4) is 0 Å². The first-order chi connectivity index (χ1) is 14.0. The third-order valence-corrected chi connectivity index (χ3v) is 4.93. The van der Waals surface area contributed by atoms with Gasteiger partial charge in [-0.25, -0.2) is 4.79 Å². The van der Waals surface area contributed by atoms with Crippen molar-refractivity contribution in [3.8, 4) is 11.5 Å². The number of carbonyl (C=O) groups excluding carboxylic acids is 2. The quantitative estimate of drug-likeness (QED) is 0.676. The number of urea groups is 1. The Morgan fingerprint density at radius 3 is 2.10 bits per heavy atom. The van der Waals surface area contributed by atoms with Gasteiger partial charge in [-0.05, 0) is 42.0 Å². The topological polar surface area (TPSA) is 88.7 Å². The van der Waals surface area contributed by atoms with E-state index in [0.717, 1.165) is 17.1 Å². The maximum Gasteiger partial charge on any atom is 0.319 e. The predicted molar refractivity (Wildman–Crippen MR) is 117 cm³/mol. The van der Waals surface area contributed by atoms with E-state index in [4.69, 9.17) is 9.47 Å². The van der Waals surface area contributed by atoms with Crippen LogP contribution in [-0.2, 0) is 10.2 Å². The number of anilines is 2. The van der Waals surface area contributed by atoms with E-state index in [1.165, 1.54) is 0 Å². The van der Waals surface area contributed by atoms with Crippen LogP contribution in [0.2, 0.25) is 0 Å². The molecule has 1 heterocycles. The van der Waals surface area contributed by atoms with E-state index >= 15 is 0 Å². The highest BCUT2D eigenvalue weighted by Crippen LogP contribution is 2.36. The minimum atomic E-state index is -0.471. The number of hydrogen-bond acceptors (Lipinski definition) is 4. The van der Waals surface area contributed by atoms with E-state index in [1.54, 1.807) is 24.3 Å². The Morgan fingerprint density at radius 2 is 1.47 bits per heavy atom. The fourth-order valence-corrected chi connectivity index (χ4v) is 2.85. The predicted octanol–water partition coefficient (Wildman–Crippen LogP) is 4.50. The number of carbonyl (C=O) groups is 2. The molecule has 0 aromatic heterocycles. The monoisotopic (exact) mass is 411 g/mol. The van der Waals surface area contributed by atoms with Crippen molar-refractivity contribution >= 4 is 23.3 Å². The van der Waals surface area contributed by atoms with Crippen LogP contribution in [0.1, 0.15) is 40.2 Å². The lowest BCUT2D eigenvalue weighted by atomic mass is 9.84. The molecule has 0 saturated carbocycles. The maximum absolute atomic E-state index is 12.3. The third kappa shape index (κ3) is 5.23. The van der Waals surface area contributed by atoms with Gasteiger partial charge in [0.2, 0.25) is 12.7 Å². The molecule has 0 radical (unpaired) electrons. The Balaban J connectivity index is 1.53. The summed E-state index contributed by atoms with van der Waals surface area (Å²) >= 11 is 0. The van der Waals surface area contributed by atoms with Crippen LogP contribution in [0, 0.1) is 5.41 Å². The fourth-order valence-electron chi connectivity index (χ4n) is 2.85. The van der Waals surface area contributed by atoms with Gasteiger partial charge in [0.05, 0.1) is 0 Å². The van der Waals surface area contributed by atoms with Crippen LogP contribution in [0.15, 0.2) is 42.5 Å². The van der Waals surface area contributed by atoms with E-state index in [2.05, 4.69) is 29.8 Å². The molecule has 0 saturated heterocycles. The first-order valence-electron chi connectivity index (χ1n) is 9.91. The largest absolute Gasteiger partial charge is 0.454 e. The molecule has 160 valence electrons. The van der Waals surface area contributed by atoms with E-state index < -0.39 is 5.41 Å². The molecule has 2 aromatic rings. The standard InChI is InChI=1S/C23H29N3O4/c1-22(2,3)20(27)25-16-7-9-17(10-8-16)26-21(28)24-13-23(4,5)15-6-11-18-19(12-15)30-14-29-18/h6-12H,13-14H2,1-5H3,(H,25,27)(H2,24,26,28). The van der Waals surface area contributed by atoms with Crippen LogP contribution < -0.4 is 25.4 Å². The lowest BCUT2D eigenvalue weighted by molar-refractivity contribution is -0.123. The maximum atomic E-state index is 12.3. The molecule has 0 bridgehead atoms. The van der Waals surface area contributed by atoms with Gasteiger partial charge in [0, 0.05) is 28.7 Å². The summed E-state index contributed by atoms with van der Waals surface area (Å²) < 4.78 is 10.8. The summed E-state index contributed by atoms with van der Waals surface area (Å²) in [7, 11) is 0. The number of fused-ring (bicyclic) bond motifs is 1. The van der Waals surface area contributed by atoms with Gasteiger partial charge in [0.1, 0.15) is 0 Å². The Hall–Kier alpha value is -3.22. The van der Waals surface area contributed by atoms with Crippen LogP contribution in [-0.4, -0.2) is 25.3 Å². The average molecular weight is 412 g/mol. The van der Waals surface area contributed by atoms with Gasteiger partial charge in [0.15, 0.2) is 11.5 Å². The van der Waals surface area contributed by atoms with E-state index in [-0.39, 0.29) is 24.1 Å². The van der Waals surface area contributed by atoms with Crippen LogP contribution in [0.4, 0.5) is 16.2 Å². The molecule has 0 unspecified atom stereocenters. The molecule has 3 amide bonds. The first kappa shape index (κ1) is 21.5. The molecule has 0 atom stereocenters. The normalized spacial score (nSPS) is 13.0. The summed E-state index contributed by atoms with van der Waals surface area (Å²) in [5.74, 6) is 1.40. The number of rotatable bonds is 5. The van der Waals surface area contributed by atoms with Crippen molar-refractivity contribution < 1.29 is 19.1 Å². The highest BCUT2D eigenvalue weighted by atomic mass is 16.7. The van der Waals surface area contributed by atoms with Gasteiger partial charge in [-0.1, -0.05) is 40.7 Å². The number of amides is 3. The molecular formula is C23H29N3O4. The second-order valence-electron chi connectivity index (χ2n) is 9.04. The Kier molecular flexibility index (Phi) is 5.92. The van der Waals surface area contributed by atoms with Gasteiger partial charge >= 0.3 is 6.03 Å². The summed E-state index contributed by atoms with van der Waals surface area (Å²) in [6.07, 6.45) is 0. The Morgan fingerprint density at radius 1 is 0.867 bits per heavy atom. The third-order valence-electron chi connectivity index (χ3n) is 4.93. The number of ether oxygens (including phenoxy) is 2. The highest BCUT2D eigenvalue weighted by molar-refractivity contribution is 5.95.